The number of amidine groups is 1. The lowest BCUT2D eigenvalue weighted by atomic mass is 10.8. The Labute approximate surface area is 31.3 Å². The van der Waals surface area contributed by atoms with Crippen LogP contribution in [0.25, 0.3) is 0 Å². The average molecular weight is 75.1 g/mol. The van der Waals surface area contributed by atoms with Gasteiger partial charge in [-0.2, -0.15) is 0 Å². The van der Waals surface area contributed by atoms with Crippen molar-refractivity contribution in [2.75, 3.05) is 0 Å². The third kappa shape index (κ3) is 21.6. The number of hydrogen-bond acceptors (Lipinski definition) is 2. The van der Waals surface area contributed by atoms with Crippen molar-refractivity contribution in [2.45, 2.75) is 6.92 Å². The summed E-state index contributed by atoms with van der Waals surface area (Å²) in [7, 11) is 0. The molecule has 0 unspecified atom stereocenters. The zero-order valence-corrected chi connectivity index (χ0v) is 3.28. The first-order valence-corrected chi connectivity index (χ1v) is 1.04. The van der Waals surface area contributed by atoms with E-state index in [-0.39, 0.29) is 12.0 Å². The van der Waals surface area contributed by atoms with E-state index in [1.165, 1.54) is 6.92 Å². The monoisotopic (exact) mass is 75.1 g/mol. The van der Waals surface area contributed by atoms with Gasteiger partial charge >= 0.3 is 0 Å². The molecule has 0 aromatic heterocycles. The van der Waals surface area contributed by atoms with Gasteiger partial charge in [0.05, 0.1) is 5.84 Å². The molecule has 0 fully saturated rings. The van der Waals surface area contributed by atoms with Gasteiger partial charge in [-0.15, -0.1) is 0 Å². The van der Waals surface area contributed by atoms with Gasteiger partial charge in [0.15, 0.2) is 0 Å². The molecule has 0 aliphatic rings. The largest absolute Gasteiger partial charge is 0.388 e. The van der Waals surface area contributed by atoms with E-state index in [1.807, 2.05) is 0 Å². The summed E-state index contributed by atoms with van der Waals surface area (Å²) in [5, 5.41) is 6.28. The highest BCUT2D eigenvalue weighted by atomic mass is 14.7. The Morgan fingerprint density at radius 1 is 1.80 bits per heavy atom. The molecule has 0 saturated carbocycles. The molecule has 3 nitrogen and oxygen atoms in total. The predicted octanol–water partition coefficient (Wildman–Crippen LogP) is 0.104. The first-order chi connectivity index (χ1) is 1.73. The second kappa shape index (κ2) is 3.43. The van der Waals surface area contributed by atoms with Gasteiger partial charge in [0.2, 0.25) is 0 Å². The molecule has 0 atom stereocenters. The summed E-state index contributed by atoms with van der Waals surface area (Å²) in [6.45, 7) is 1.53. The third-order valence-corrected chi connectivity index (χ3v) is 0. The maximum Gasteiger partial charge on any atom is 0.0873 e. The Kier molecular flexibility index (Phi) is 6.05. The lowest BCUT2D eigenvalue weighted by Gasteiger charge is -1.66. The molecule has 0 aromatic rings. The molecule has 3 heteroatoms. The van der Waals surface area contributed by atoms with Crippen molar-refractivity contribution < 1.29 is 0 Å². The maximum atomic E-state index is 6.28. The molecule has 5 heavy (non-hydrogen) atoms. The lowest BCUT2D eigenvalue weighted by Crippen LogP contribution is -2.00. The lowest BCUT2D eigenvalue weighted by molar-refractivity contribution is 1.42. The van der Waals surface area contributed by atoms with Crippen LogP contribution in [0.15, 0.2) is 0 Å². The van der Waals surface area contributed by atoms with Gasteiger partial charge < -0.3 is 11.9 Å². The van der Waals surface area contributed by atoms with Crippen LogP contribution in [0.1, 0.15) is 6.92 Å². The van der Waals surface area contributed by atoms with Crippen LogP contribution in [0, 0.1) is 5.41 Å². The molecule has 0 aliphatic carbocycles. The van der Waals surface area contributed by atoms with Gasteiger partial charge in [0, 0.05) is 0 Å². The van der Waals surface area contributed by atoms with E-state index in [2.05, 4.69) is 0 Å². The number of hydrogen-bond donors (Lipinski definition) is 3. The van der Waals surface area contributed by atoms with Crippen LogP contribution < -0.4 is 11.9 Å². The normalized spacial score (nSPS) is 5.00. The Hall–Kier alpha value is -0.570. The van der Waals surface area contributed by atoms with Gasteiger partial charge in [0.25, 0.3) is 0 Å². The van der Waals surface area contributed by atoms with Crippen molar-refractivity contribution >= 4 is 5.84 Å². The van der Waals surface area contributed by atoms with Crippen LogP contribution in [-0.2, 0) is 0 Å². The zero-order valence-electron chi connectivity index (χ0n) is 3.28. The van der Waals surface area contributed by atoms with Crippen LogP contribution in [0.5, 0.6) is 0 Å². The van der Waals surface area contributed by atoms with Crippen LogP contribution in [0.2, 0.25) is 0 Å². The van der Waals surface area contributed by atoms with Crippen molar-refractivity contribution in [3.8, 4) is 0 Å². The number of nitrogens with two attached hydrogens (primary N) is 1. The van der Waals surface area contributed by atoms with Crippen molar-refractivity contribution in [1.29, 1.82) is 5.41 Å². The molecule has 32 valence electrons. The molecule has 0 spiro atoms. The summed E-state index contributed by atoms with van der Waals surface area (Å²) in [5.41, 5.74) is 4.69. The van der Waals surface area contributed by atoms with E-state index in [4.69, 9.17) is 11.1 Å². The summed E-state index contributed by atoms with van der Waals surface area (Å²) in [6.07, 6.45) is 0. The van der Waals surface area contributed by atoms with Crippen LogP contribution in [-0.4, -0.2) is 5.84 Å². The topological polar surface area (TPSA) is 84.9 Å². The Bertz CT molecular complexity index is 27.9. The van der Waals surface area contributed by atoms with Gasteiger partial charge in [-0.25, -0.2) is 0 Å². The van der Waals surface area contributed by atoms with Gasteiger partial charge in [-0.1, -0.05) is 0 Å². The summed E-state index contributed by atoms with van der Waals surface area (Å²) in [5.74, 6) is 0.167. The SMILES string of the molecule is CC(=N)N.N. The zero-order chi connectivity index (χ0) is 3.58. The van der Waals surface area contributed by atoms with E-state index in [1.54, 1.807) is 0 Å². The van der Waals surface area contributed by atoms with Gasteiger partial charge in [-0.3, -0.25) is 5.41 Å². The first kappa shape index (κ1) is 8.83. The highest BCUT2D eigenvalue weighted by Gasteiger charge is 1.53. The van der Waals surface area contributed by atoms with E-state index < -0.39 is 0 Å². The predicted molar refractivity (Wildman–Crippen MR) is 22.6 cm³/mol. The highest BCUT2D eigenvalue weighted by molar-refractivity contribution is 5.73. The number of nitrogens with one attached hydrogen (secondary N) is 1. The molecule has 0 bridgehead atoms. The molecule has 0 aliphatic heterocycles. The van der Waals surface area contributed by atoms with Crippen LogP contribution in [0.4, 0.5) is 0 Å². The van der Waals surface area contributed by atoms with Crippen molar-refractivity contribution in [2.24, 2.45) is 5.73 Å². The van der Waals surface area contributed by atoms with Crippen molar-refractivity contribution in [3.05, 3.63) is 0 Å². The summed E-state index contributed by atoms with van der Waals surface area (Å²) in [4.78, 5) is 0. The summed E-state index contributed by atoms with van der Waals surface area (Å²) >= 11 is 0. The standard InChI is InChI=1S/C2H6N2.H3N/c1-2(3)4;/h1H3,(H3,3,4);1H3. The summed E-state index contributed by atoms with van der Waals surface area (Å²) in [6, 6.07) is 0. The van der Waals surface area contributed by atoms with Gasteiger partial charge in [0.1, 0.15) is 0 Å². The molecular formula is C2H9N3. The molecule has 6 N–H and O–H groups in total. The molecule has 0 amide bonds. The summed E-state index contributed by atoms with van der Waals surface area (Å²) < 4.78 is 0. The minimum Gasteiger partial charge on any atom is -0.388 e. The van der Waals surface area contributed by atoms with Gasteiger partial charge in [-0.05, 0) is 6.92 Å². The minimum atomic E-state index is 0. The van der Waals surface area contributed by atoms with Crippen molar-refractivity contribution in [1.82, 2.24) is 6.15 Å². The quantitative estimate of drug-likeness (QED) is 0.282. The molecule has 0 rings (SSSR count). The third-order valence-electron chi connectivity index (χ3n) is 0. The molecular weight excluding hydrogens is 66.0 g/mol. The Balaban J connectivity index is 0. The van der Waals surface area contributed by atoms with E-state index in [9.17, 15) is 0 Å². The maximum absolute atomic E-state index is 6.28. The van der Waals surface area contributed by atoms with Crippen LogP contribution >= 0.6 is 0 Å². The fourth-order valence-electron chi connectivity index (χ4n) is 0. The minimum absolute atomic E-state index is 0. The Morgan fingerprint density at radius 2 is 1.80 bits per heavy atom. The van der Waals surface area contributed by atoms with E-state index in [0.717, 1.165) is 0 Å². The van der Waals surface area contributed by atoms with E-state index in [0.29, 0.717) is 0 Å². The molecule has 0 radical (unpaired) electrons. The second-order valence-corrected chi connectivity index (χ2v) is 0.683. The average Bonchev–Trinajstić information content (AvgIpc) is 0.811. The van der Waals surface area contributed by atoms with Crippen LogP contribution in [0.3, 0.4) is 0 Å². The van der Waals surface area contributed by atoms with E-state index >= 15 is 0 Å². The second-order valence-electron chi connectivity index (χ2n) is 0.683. The highest BCUT2D eigenvalue weighted by Crippen LogP contribution is 1.36. The molecule has 0 saturated heterocycles. The molecule has 0 heterocycles. The smallest absolute Gasteiger partial charge is 0.0873 e. The molecule has 0 aromatic carbocycles. The number of rotatable bonds is 0. The first-order valence-electron chi connectivity index (χ1n) is 1.04. The fraction of sp³-hybridized carbons (Fsp3) is 0.500. The Morgan fingerprint density at radius 3 is 1.80 bits per heavy atom. The fourth-order valence-corrected chi connectivity index (χ4v) is 0. The van der Waals surface area contributed by atoms with Crippen molar-refractivity contribution in [3.63, 3.8) is 0 Å².